The van der Waals surface area contributed by atoms with Gasteiger partial charge in [-0.05, 0) is 80.4 Å². The van der Waals surface area contributed by atoms with Gasteiger partial charge >= 0.3 is 5.97 Å². The van der Waals surface area contributed by atoms with Crippen molar-refractivity contribution >= 4 is 28.5 Å². The van der Waals surface area contributed by atoms with Gasteiger partial charge in [-0.15, -0.1) is 0 Å². The average Bonchev–Trinajstić information content (AvgIpc) is 3.23. The van der Waals surface area contributed by atoms with Crippen molar-refractivity contribution in [1.29, 1.82) is 0 Å². The molecular weight excluding hydrogens is 414 g/mol. The second-order valence-electron chi connectivity index (χ2n) is 11.2. The van der Waals surface area contributed by atoms with E-state index in [1.54, 1.807) is 0 Å². The lowest BCUT2D eigenvalue weighted by molar-refractivity contribution is -0.149. The van der Waals surface area contributed by atoms with Gasteiger partial charge in [0.1, 0.15) is 0 Å². The Balaban J connectivity index is 1.22. The predicted octanol–water partition coefficient (Wildman–Crippen LogP) is 4.75. The van der Waals surface area contributed by atoms with Crippen LogP contribution >= 0.6 is 0 Å². The second kappa shape index (κ2) is 8.07. The van der Waals surface area contributed by atoms with Gasteiger partial charge in [0.05, 0.1) is 5.92 Å². The van der Waals surface area contributed by atoms with Crippen molar-refractivity contribution in [1.82, 2.24) is 9.88 Å². The lowest BCUT2D eigenvalue weighted by Crippen LogP contribution is -2.59. The number of hydrogen-bond donors (Lipinski definition) is 2. The molecule has 3 aliphatic heterocycles. The molecule has 1 amide bonds. The quantitative estimate of drug-likeness (QED) is 0.691. The standard InChI is InChI=1S/C27H35N3O3/c1-16(9-25(31)30-20-11-17-10-18(13-20)14-21(30)12-17)22-15-28-23-3-2-4-24(26(22)23)29-7-5-19(6-8-29)27(32)33/h2-4,15-21,28H,5-14H2,1H3,(H,32,33). The Hall–Kier alpha value is -2.50. The molecule has 176 valence electrons. The number of piperidine rings is 3. The summed E-state index contributed by atoms with van der Waals surface area (Å²) in [6.45, 7) is 3.70. The molecule has 2 aliphatic carbocycles. The SMILES string of the molecule is CC(CC(=O)N1C2CC3CC(C2)CC1C3)c1c[nH]c2cccc(N3CCC(C(=O)O)CC3)c12. The Bertz CT molecular complexity index is 1040. The summed E-state index contributed by atoms with van der Waals surface area (Å²) in [5.41, 5.74) is 3.47. The molecule has 1 aromatic heterocycles. The number of hydrogen-bond acceptors (Lipinski definition) is 3. The van der Waals surface area contributed by atoms with Crippen LogP contribution in [0.3, 0.4) is 0 Å². The van der Waals surface area contributed by atoms with E-state index in [0.717, 1.165) is 30.4 Å². The van der Waals surface area contributed by atoms with E-state index < -0.39 is 5.97 Å². The number of nitrogens with zero attached hydrogens (tertiary/aromatic N) is 2. The van der Waals surface area contributed by atoms with Gasteiger partial charge in [-0.1, -0.05) is 13.0 Å². The number of aromatic amines is 1. The minimum absolute atomic E-state index is 0.140. The highest BCUT2D eigenvalue weighted by atomic mass is 16.4. The largest absolute Gasteiger partial charge is 0.481 e. The molecule has 6 heteroatoms. The molecule has 1 unspecified atom stereocenters. The maximum Gasteiger partial charge on any atom is 0.306 e. The highest BCUT2D eigenvalue weighted by molar-refractivity contribution is 5.96. The lowest BCUT2D eigenvalue weighted by Gasteiger charge is -2.56. The van der Waals surface area contributed by atoms with Crippen LogP contribution in [0.2, 0.25) is 0 Å². The minimum atomic E-state index is -0.679. The van der Waals surface area contributed by atoms with Gasteiger partial charge in [0.2, 0.25) is 5.91 Å². The summed E-state index contributed by atoms with van der Waals surface area (Å²) in [7, 11) is 0. The Morgan fingerprint density at radius 3 is 2.36 bits per heavy atom. The number of rotatable bonds is 5. The summed E-state index contributed by atoms with van der Waals surface area (Å²) in [4.78, 5) is 32.9. The number of aromatic nitrogens is 1. The first-order chi connectivity index (χ1) is 16.0. The lowest BCUT2D eigenvalue weighted by atomic mass is 9.63. The molecule has 2 saturated carbocycles. The van der Waals surface area contributed by atoms with Crippen LogP contribution in [0.5, 0.6) is 0 Å². The number of benzene rings is 1. The number of anilines is 1. The Morgan fingerprint density at radius 1 is 1.06 bits per heavy atom. The molecule has 3 saturated heterocycles. The van der Waals surface area contributed by atoms with Crippen molar-refractivity contribution in [2.24, 2.45) is 17.8 Å². The van der Waals surface area contributed by atoms with Crippen molar-refractivity contribution in [2.75, 3.05) is 18.0 Å². The van der Waals surface area contributed by atoms with Crippen molar-refractivity contribution in [3.05, 3.63) is 30.0 Å². The van der Waals surface area contributed by atoms with E-state index in [9.17, 15) is 14.7 Å². The van der Waals surface area contributed by atoms with Crippen LogP contribution in [0.1, 0.15) is 69.8 Å². The first kappa shape index (κ1) is 21.1. The fourth-order valence-electron chi connectivity index (χ4n) is 7.63. The number of fused-ring (bicyclic) bond motifs is 1. The molecule has 7 rings (SSSR count). The third-order valence-corrected chi connectivity index (χ3v) is 9.07. The molecule has 5 aliphatic rings. The van der Waals surface area contributed by atoms with Gasteiger partial charge in [-0.25, -0.2) is 0 Å². The van der Waals surface area contributed by atoms with E-state index >= 15 is 0 Å². The topological polar surface area (TPSA) is 76.6 Å². The van der Waals surface area contributed by atoms with E-state index in [4.69, 9.17) is 0 Å². The van der Waals surface area contributed by atoms with Gasteiger partial charge in [-0.3, -0.25) is 9.59 Å². The minimum Gasteiger partial charge on any atom is -0.481 e. The van der Waals surface area contributed by atoms with Crippen molar-refractivity contribution < 1.29 is 14.7 Å². The predicted molar refractivity (Wildman–Crippen MR) is 128 cm³/mol. The number of carbonyl (C=O) groups excluding carboxylic acids is 1. The zero-order valence-corrected chi connectivity index (χ0v) is 19.5. The van der Waals surface area contributed by atoms with E-state index in [2.05, 4.69) is 46.1 Å². The smallest absolute Gasteiger partial charge is 0.306 e. The normalized spacial score (nSPS) is 30.2. The first-order valence-corrected chi connectivity index (χ1v) is 12.9. The molecule has 5 fully saturated rings. The van der Waals surface area contributed by atoms with Crippen LogP contribution in [0.15, 0.2) is 24.4 Å². The summed E-state index contributed by atoms with van der Waals surface area (Å²) in [6.07, 6.45) is 10.3. The Labute approximate surface area is 195 Å². The van der Waals surface area contributed by atoms with E-state index in [1.807, 2.05) is 0 Å². The number of aliphatic carboxylic acids is 1. The number of carbonyl (C=O) groups is 2. The number of amides is 1. The average molecular weight is 450 g/mol. The summed E-state index contributed by atoms with van der Waals surface area (Å²) < 4.78 is 0. The Morgan fingerprint density at radius 2 is 1.73 bits per heavy atom. The van der Waals surface area contributed by atoms with Gasteiger partial charge in [0.25, 0.3) is 0 Å². The number of nitrogens with one attached hydrogen (secondary N) is 1. The summed E-state index contributed by atoms with van der Waals surface area (Å²) >= 11 is 0. The molecule has 33 heavy (non-hydrogen) atoms. The van der Waals surface area contributed by atoms with Crippen molar-refractivity contribution in [3.63, 3.8) is 0 Å². The molecule has 1 atom stereocenters. The molecule has 1 aromatic carbocycles. The fraction of sp³-hybridized carbons (Fsp3) is 0.630. The summed E-state index contributed by atoms with van der Waals surface area (Å²) in [5, 5.41) is 10.6. The third kappa shape index (κ3) is 3.62. The highest BCUT2D eigenvalue weighted by Crippen LogP contribution is 2.49. The number of carboxylic acids is 1. The van der Waals surface area contributed by atoms with E-state index in [-0.39, 0.29) is 11.8 Å². The molecular formula is C27H35N3O3. The van der Waals surface area contributed by atoms with Crippen LogP contribution < -0.4 is 4.90 Å². The zero-order valence-electron chi connectivity index (χ0n) is 19.5. The van der Waals surface area contributed by atoms with Crippen LogP contribution in [-0.4, -0.2) is 52.0 Å². The fourth-order valence-corrected chi connectivity index (χ4v) is 7.63. The molecule has 2 aromatic rings. The first-order valence-electron chi connectivity index (χ1n) is 12.9. The number of carboxylic acid groups (broad SMARTS) is 1. The molecule has 0 radical (unpaired) electrons. The summed E-state index contributed by atoms with van der Waals surface area (Å²) in [6, 6.07) is 7.28. The summed E-state index contributed by atoms with van der Waals surface area (Å²) in [5.74, 6) is 1.28. The monoisotopic (exact) mass is 449 g/mol. The van der Waals surface area contributed by atoms with Crippen LogP contribution in [0.25, 0.3) is 10.9 Å². The van der Waals surface area contributed by atoms with E-state index in [1.165, 1.54) is 48.7 Å². The Kier molecular flexibility index (Phi) is 5.15. The van der Waals surface area contributed by atoms with Crippen LogP contribution in [0, 0.1) is 17.8 Å². The van der Waals surface area contributed by atoms with Crippen molar-refractivity contribution in [2.45, 2.75) is 76.3 Å². The molecule has 0 spiro atoms. The van der Waals surface area contributed by atoms with Gasteiger partial charge in [-0.2, -0.15) is 0 Å². The van der Waals surface area contributed by atoms with Crippen LogP contribution in [-0.2, 0) is 9.59 Å². The maximum absolute atomic E-state index is 13.5. The van der Waals surface area contributed by atoms with Gasteiger partial charge in [0.15, 0.2) is 0 Å². The zero-order chi connectivity index (χ0) is 22.7. The third-order valence-electron chi connectivity index (χ3n) is 9.07. The van der Waals surface area contributed by atoms with Gasteiger partial charge in [0, 0.05) is 54.4 Å². The number of H-pyrrole nitrogens is 1. The molecule has 4 heterocycles. The molecule has 2 N–H and O–H groups in total. The van der Waals surface area contributed by atoms with Crippen molar-refractivity contribution in [3.8, 4) is 0 Å². The second-order valence-corrected chi connectivity index (χ2v) is 11.2. The maximum atomic E-state index is 13.5. The van der Waals surface area contributed by atoms with Crippen LogP contribution in [0.4, 0.5) is 5.69 Å². The highest BCUT2D eigenvalue weighted by Gasteiger charge is 2.48. The molecule has 6 nitrogen and oxygen atoms in total. The van der Waals surface area contributed by atoms with Gasteiger partial charge < -0.3 is 19.9 Å². The van der Waals surface area contributed by atoms with E-state index in [0.29, 0.717) is 37.3 Å². The molecule has 4 bridgehead atoms.